The second-order valence-electron chi connectivity index (χ2n) is 2.19. The van der Waals surface area contributed by atoms with Crippen LogP contribution in [0.4, 0.5) is 0 Å². The van der Waals surface area contributed by atoms with Gasteiger partial charge in [0.05, 0.1) is 5.51 Å². The molecule has 1 N–H and O–H groups in total. The Bertz CT molecular complexity index is 177. The molecule has 0 saturated heterocycles. The first-order chi connectivity index (χ1) is 5.43. The fourth-order valence-corrected chi connectivity index (χ4v) is 1.43. The van der Waals surface area contributed by atoms with Gasteiger partial charge >= 0.3 is 0 Å². The lowest BCUT2D eigenvalue weighted by atomic mass is 10.4. The maximum Gasteiger partial charge on any atom is 0.0794 e. The maximum atomic E-state index is 5.51. The summed E-state index contributed by atoms with van der Waals surface area (Å²) in [5, 5.41) is 3.27. The predicted molar refractivity (Wildman–Crippen MR) is 49.2 cm³/mol. The van der Waals surface area contributed by atoms with E-state index in [1.807, 2.05) is 11.7 Å². The summed E-state index contributed by atoms with van der Waals surface area (Å²) in [5.41, 5.74) is 1.85. The molecular weight excluding hydrogens is 180 g/mol. The number of alkyl halides is 1. The Morgan fingerprint density at radius 2 is 2.55 bits per heavy atom. The molecular formula is C7H11ClN2S. The van der Waals surface area contributed by atoms with Crippen LogP contribution in [-0.4, -0.2) is 17.4 Å². The molecule has 0 radical (unpaired) electrons. The lowest BCUT2D eigenvalue weighted by Crippen LogP contribution is -2.14. The highest BCUT2D eigenvalue weighted by atomic mass is 35.5. The van der Waals surface area contributed by atoms with Gasteiger partial charge in [-0.05, 0) is 13.0 Å². The molecule has 4 heteroatoms. The van der Waals surface area contributed by atoms with Gasteiger partial charge < -0.3 is 5.32 Å². The van der Waals surface area contributed by atoms with E-state index in [-0.39, 0.29) is 0 Å². The molecule has 0 spiro atoms. The molecule has 0 fully saturated rings. The van der Waals surface area contributed by atoms with E-state index >= 15 is 0 Å². The molecule has 0 unspecified atom stereocenters. The topological polar surface area (TPSA) is 24.9 Å². The minimum atomic E-state index is 0.732. The maximum absolute atomic E-state index is 5.51. The zero-order valence-electron chi connectivity index (χ0n) is 6.22. The summed E-state index contributed by atoms with van der Waals surface area (Å²) in [6.07, 6.45) is 2.92. The Kier molecular flexibility index (Phi) is 4.50. The van der Waals surface area contributed by atoms with Crippen molar-refractivity contribution in [3.8, 4) is 0 Å². The first-order valence-electron chi connectivity index (χ1n) is 3.57. The third-order valence-corrected chi connectivity index (χ3v) is 2.32. The Morgan fingerprint density at radius 1 is 1.64 bits per heavy atom. The van der Waals surface area contributed by atoms with Gasteiger partial charge in [-0.2, -0.15) is 0 Å². The largest absolute Gasteiger partial charge is 0.312 e. The first kappa shape index (κ1) is 8.97. The minimum absolute atomic E-state index is 0.732. The summed E-state index contributed by atoms with van der Waals surface area (Å²) in [6, 6.07) is 0. The lowest BCUT2D eigenvalue weighted by Gasteiger charge is -1.98. The molecule has 1 aromatic heterocycles. The Morgan fingerprint density at radius 3 is 3.18 bits per heavy atom. The second kappa shape index (κ2) is 5.52. The van der Waals surface area contributed by atoms with Crippen molar-refractivity contribution in [2.75, 3.05) is 12.4 Å². The van der Waals surface area contributed by atoms with Crippen LogP contribution in [-0.2, 0) is 6.54 Å². The highest BCUT2D eigenvalue weighted by molar-refractivity contribution is 7.09. The Balaban J connectivity index is 2.04. The summed E-state index contributed by atoms with van der Waals surface area (Å²) in [4.78, 5) is 5.25. The van der Waals surface area contributed by atoms with E-state index in [4.69, 9.17) is 11.6 Å². The fourth-order valence-electron chi connectivity index (χ4n) is 0.733. The van der Waals surface area contributed by atoms with Crippen LogP contribution in [0.5, 0.6) is 0 Å². The highest BCUT2D eigenvalue weighted by Gasteiger charge is 1.91. The Hall–Kier alpha value is -0.120. The first-order valence-corrected chi connectivity index (χ1v) is 4.99. The number of rotatable bonds is 5. The van der Waals surface area contributed by atoms with Gasteiger partial charge in [-0.25, -0.2) is 0 Å². The van der Waals surface area contributed by atoms with Crippen molar-refractivity contribution in [2.24, 2.45) is 0 Å². The molecule has 0 saturated carbocycles. The molecule has 0 bridgehead atoms. The molecule has 2 nitrogen and oxygen atoms in total. The van der Waals surface area contributed by atoms with Gasteiger partial charge in [-0.15, -0.1) is 22.9 Å². The van der Waals surface area contributed by atoms with Crippen molar-refractivity contribution in [1.82, 2.24) is 10.3 Å². The summed E-state index contributed by atoms with van der Waals surface area (Å²) >= 11 is 7.19. The molecule has 1 heterocycles. The number of thiazole rings is 1. The summed E-state index contributed by atoms with van der Waals surface area (Å²) in [5.74, 6) is 0.732. The van der Waals surface area contributed by atoms with Crippen LogP contribution in [0.25, 0.3) is 0 Å². The van der Waals surface area contributed by atoms with Crippen molar-refractivity contribution in [3.63, 3.8) is 0 Å². The van der Waals surface area contributed by atoms with Crippen molar-refractivity contribution in [3.05, 3.63) is 16.6 Å². The van der Waals surface area contributed by atoms with Crippen LogP contribution < -0.4 is 5.32 Å². The van der Waals surface area contributed by atoms with Gasteiger partial charge in [-0.3, -0.25) is 4.98 Å². The normalized spacial score (nSPS) is 10.3. The van der Waals surface area contributed by atoms with Crippen molar-refractivity contribution in [1.29, 1.82) is 0 Å². The molecule has 1 aromatic rings. The standard InChI is InChI=1S/C7H11ClN2S/c8-2-1-3-9-4-7-5-10-6-11-7/h5-6,9H,1-4H2. The number of hydrogen-bond donors (Lipinski definition) is 1. The van der Waals surface area contributed by atoms with E-state index in [1.54, 1.807) is 11.3 Å². The van der Waals surface area contributed by atoms with Crippen LogP contribution in [0.3, 0.4) is 0 Å². The van der Waals surface area contributed by atoms with Gasteiger partial charge in [-0.1, -0.05) is 0 Å². The predicted octanol–water partition coefficient (Wildman–Crippen LogP) is 1.86. The third-order valence-electron chi connectivity index (χ3n) is 1.27. The van der Waals surface area contributed by atoms with Gasteiger partial charge in [0.2, 0.25) is 0 Å². The number of nitrogens with one attached hydrogen (secondary N) is 1. The molecule has 0 atom stereocenters. The number of hydrogen-bond acceptors (Lipinski definition) is 3. The van der Waals surface area contributed by atoms with Crippen LogP contribution in [0.15, 0.2) is 11.7 Å². The zero-order valence-corrected chi connectivity index (χ0v) is 7.79. The van der Waals surface area contributed by atoms with E-state index < -0.39 is 0 Å². The number of aromatic nitrogens is 1. The summed E-state index contributed by atoms with van der Waals surface area (Å²) < 4.78 is 0. The zero-order chi connectivity index (χ0) is 7.94. The van der Waals surface area contributed by atoms with E-state index in [2.05, 4.69) is 10.3 Å². The van der Waals surface area contributed by atoms with Gasteiger partial charge in [0.25, 0.3) is 0 Å². The molecule has 0 aliphatic rings. The smallest absolute Gasteiger partial charge is 0.0794 e. The van der Waals surface area contributed by atoms with Crippen molar-refractivity contribution >= 4 is 22.9 Å². The molecule has 11 heavy (non-hydrogen) atoms. The summed E-state index contributed by atoms with van der Waals surface area (Å²) in [7, 11) is 0. The number of halogens is 1. The highest BCUT2D eigenvalue weighted by Crippen LogP contribution is 2.03. The van der Waals surface area contributed by atoms with E-state index in [0.29, 0.717) is 0 Å². The van der Waals surface area contributed by atoms with Crippen LogP contribution in [0.2, 0.25) is 0 Å². The quantitative estimate of drug-likeness (QED) is 0.567. The average molecular weight is 191 g/mol. The molecule has 1 rings (SSSR count). The molecule has 0 aliphatic heterocycles. The van der Waals surface area contributed by atoms with Crippen LogP contribution in [0.1, 0.15) is 11.3 Å². The van der Waals surface area contributed by atoms with Crippen LogP contribution >= 0.6 is 22.9 Å². The van der Waals surface area contributed by atoms with E-state index in [0.717, 1.165) is 25.4 Å². The van der Waals surface area contributed by atoms with Gasteiger partial charge in [0.1, 0.15) is 0 Å². The molecule has 0 aliphatic carbocycles. The SMILES string of the molecule is ClCCCNCc1cncs1. The van der Waals surface area contributed by atoms with E-state index in [1.165, 1.54) is 4.88 Å². The monoisotopic (exact) mass is 190 g/mol. The van der Waals surface area contributed by atoms with Gasteiger partial charge in [0.15, 0.2) is 0 Å². The van der Waals surface area contributed by atoms with E-state index in [9.17, 15) is 0 Å². The van der Waals surface area contributed by atoms with Crippen LogP contribution in [0, 0.1) is 0 Å². The van der Waals surface area contributed by atoms with Gasteiger partial charge in [0, 0.05) is 23.5 Å². The molecule has 0 amide bonds. The minimum Gasteiger partial charge on any atom is -0.312 e. The Labute approximate surface area is 75.6 Å². The number of nitrogens with zero attached hydrogens (tertiary/aromatic N) is 1. The van der Waals surface area contributed by atoms with Crippen molar-refractivity contribution < 1.29 is 0 Å². The molecule has 0 aromatic carbocycles. The second-order valence-corrected chi connectivity index (χ2v) is 3.54. The fraction of sp³-hybridized carbons (Fsp3) is 0.571. The molecule has 62 valence electrons. The third kappa shape index (κ3) is 3.70. The average Bonchev–Trinajstić information content (AvgIpc) is 2.50. The summed E-state index contributed by atoms with van der Waals surface area (Å²) in [6.45, 7) is 1.91. The lowest BCUT2D eigenvalue weighted by molar-refractivity contribution is 0.683. The van der Waals surface area contributed by atoms with Crippen molar-refractivity contribution in [2.45, 2.75) is 13.0 Å².